The zero-order valence-corrected chi connectivity index (χ0v) is 9.87. The van der Waals surface area contributed by atoms with Gasteiger partial charge in [-0.25, -0.2) is 0 Å². The van der Waals surface area contributed by atoms with Gasteiger partial charge < -0.3 is 14.2 Å². The second-order valence-corrected chi connectivity index (χ2v) is 4.61. The zero-order valence-electron chi connectivity index (χ0n) is 9.87. The van der Waals surface area contributed by atoms with Crippen LogP contribution < -0.4 is 0 Å². The lowest BCUT2D eigenvalue weighted by Crippen LogP contribution is -2.13. The first kappa shape index (κ1) is 10.5. The van der Waals surface area contributed by atoms with Crippen LogP contribution in [0.15, 0.2) is 18.6 Å². The third kappa shape index (κ3) is 1.76. The highest BCUT2D eigenvalue weighted by Crippen LogP contribution is 2.30. The van der Waals surface area contributed by atoms with Crippen LogP contribution >= 0.6 is 0 Å². The van der Waals surface area contributed by atoms with Gasteiger partial charge in [-0.15, -0.1) is 10.2 Å². The molecule has 0 radical (unpaired) electrons. The Bertz CT molecular complexity index is 528. The smallest absolute Gasteiger partial charge is 0.152 e. The van der Waals surface area contributed by atoms with Crippen molar-refractivity contribution in [2.24, 2.45) is 7.05 Å². The summed E-state index contributed by atoms with van der Waals surface area (Å²) in [5.41, 5.74) is 2.32. The number of hydrogen-bond acceptors (Lipinski definition) is 3. The maximum atomic E-state index is 9.91. The lowest BCUT2D eigenvalue weighted by Gasteiger charge is -2.19. The highest BCUT2D eigenvalue weighted by Gasteiger charge is 2.21. The van der Waals surface area contributed by atoms with E-state index in [-0.39, 0.29) is 6.10 Å². The largest absolute Gasteiger partial charge is 0.388 e. The monoisotopic (exact) mass is 232 g/mol. The van der Waals surface area contributed by atoms with E-state index in [1.807, 2.05) is 23.9 Å². The summed E-state index contributed by atoms with van der Waals surface area (Å²) in [6.07, 6.45) is 6.42. The number of aromatic nitrogens is 4. The van der Waals surface area contributed by atoms with E-state index >= 15 is 0 Å². The van der Waals surface area contributed by atoms with Crippen molar-refractivity contribution in [1.29, 1.82) is 0 Å². The zero-order chi connectivity index (χ0) is 11.8. The SMILES string of the molecule is Cn1cnnc1Cn1ccc2c1CCCC2O. The summed E-state index contributed by atoms with van der Waals surface area (Å²) in [7, 11) is 1.94. The van der Waals surface area contributed by atoms with Crippen LogP contribution in [0, 0.1) is 0 Å². The molecule has 90 valence electrons. The summed E-state index contributed by atoms with van der Waals surface area (Å²) >= 11 is 0. The predicted octanol–water partition coefficient (Wildman–Crippen LogP) is 1.03. The molecular formula is C12H16N4O. The minimum absolute atomic E-state index is 0.292. The topological polar surface area (TPSA) is 55.9 Å². The third-order valence-corrected chi connectivity index (χ3v) is 3.48. The van der Waals surface area contributed by atoms with E-state index in [2.05, 4.69) is 14.8 Å². The Morgan fingerprint density at radius 3 is 3.18 bits per heavy atom. The summed E-state index contributed by atoms with van der Waals surface area (Å²) in [5.74, 6) is 0.934. The van der Waals surface area contributed by atoms with Crippen LogP contribution in [-0.4, -0.2) is 24.4 Å². The molecule has 0 fully saturated rings. The van der Waals surface area contributed by atoms with Gasteiger partial charge >= 0.3 is 0 Å². The van der Waals surface area contributed by atoms with Crippen LogP contribution in [0.4, 0.5) is 0 Å². The molecule has 2 aromatic heterocycles. The van der Waals surface area contributed by atoms with Crippen molar-refractivity contribution in [2.45, 2.75) is 31.9 Å². The molecule has 0 aliphatic heterocycles. The van der Waals surface area contributed by atoms with Crippen LogP contribution in [-0.2, 0) is 20.0 Å². The maximum Gasteiger partial charge on any atom is 0.152 e. The molecule has 1 atom stereocenters. The normalized spacial score (nSPS) is 19.3. The molecule has 1 unspecified atom stereocenters. The molecule has 1 aliphatic carbocycles. The van der Waals surface area contributed by atoms with Crippen LogP contribution in [0.25, 0.3) is 0 Å². The van der Waals surface area contributed by atoms with Gasteiger partial charge in [0, 0.05) is 24.5 Å². The number of aliphatic hydroxyl groups excluding tert-OH is 1. The van der Waals surface area contributed by atoms with Crippen molar-refractivity contribution in [1.82, 2.24) is 19.3 Å². The molecule has 3 rings (SSSR count). The Morgan fingerprint density at radius 1 is 1.53 bits per heavy atom. The van der Waals surface area contributed by atoms with E-state index in [1.165, 1.54) is 5.69 Å². The molecule has 17 heavy (non-hydrogen) atoms. The fourth-order valence-corrected chi connectivity index (χ4v) is 2.48. The van der Waals surface area contributed by atoms with Crippen LogP contribution in [0.3, 0.4) is 0 Å². The number of nitrogens with zero attached hydrogens (tertiary/aromatic N) is 4. The van der Waals surface area contributed by atoms with Gasteiger partial charge in [0.05, 0.1) is 12.6 Å². The number of rotatable bonds is 2. The average Bonchev–Trinajstić information content (AvgIpc) is 2.89. The summed E-state index contributed by atoms with van der Waals surface area (Å²) in [6.45, 7) is 0.721. The number of aryl methyl sites for hydroxylation is 1. The Morgan fingerprint density at radius 2 is 2.41 bits per heavy atom. The first-order chi connectivity index (χ1) is 8.25. The fourth-order valence-electron chi connectivity index (χ4n) is 2.48. The summed E-state index contributed by atoms with van der Waals surface area (Å²) in [5, 5.41) is 17.9. The maximum absolute atomic E-state index is 9.91. The van der Waals surface area contributed by atoms with E-state index in [1.54, 1.807) is 6.33 Å². The predicted molar refractivity (Wildman–Crippen MR) is 62.4 cm³/mol. The Kier molecular flexibility index (Phi) is 2.48. The van der Waals surface area contributed by atoms with Gasteiger partial charge in [0.2, 0.25) is 0 Å². The summed E-state index contributed by atoms with van der Waals surface area (Å²) < 4.78 is 4.09. The quantitative estimate of drug-likeness (QED) is 0.841. The van der Waals surface area contributed by atoms with Gasteiger partial charge in [-0.2, -0.15) is 0 Å². The van der Waals surface area contributed by atoms with Crippen molar-refractivity contribution in [3.8, 4) is 0 Å². The minimum atomic E-state index is -0.292. The van der Waals surface area contributed by atoms with Crippen molar-refractivity contribution in [3.63, 3.8) is 0 Å². The van der Waals surface area contributed by atoms with Crippen molar-refractivity contribution in [3.05, 3.63) is 35.7 Å². The van der Waals surface area contributed by atoms with E-state index < -0.39 is 0 Å². The van der Waals surface area contributed by atoms with E-state index in [0.717, 1.165) is 37.2 Å². The second kappa shape index (κ2) is 4.00. The highest BCUT2D eigenvalue weighted by molar-refractivity contribution is 5.27. The molecule has 0 amide bonds. The lowest BCUT2D eigenvalue weighted by molar-refractivity contribution is 0.155. The number of fused-ring (bicyclic) bond motifs is 1. The summed E-state index contributed by atoms with van der Waals surface area (Å²) in [6, 6.07) is 2.02. The highest BCUT2D eigenvalue weighted by atomic mass is 16.3. The average molecular weight is 232 g/mol. The van der Waals surface area contributed by atoms with Gasteiger partial charge in [-0.1, -0.05) is 0 Å². The molecule has 1 aliphatic rings. The molecule has 1 N–H and O–H groups in total. The van der Waals surface area contributed by atoms with Gasteiger partial charge in [-0.05, 0) is 25.3 Å². The molecule has 2 heterocycles. The van der Waals surface area contributed by atoms with E-state index in [4.69, 9.17) is 0 Å². The molecule has 5 nitrogen and oxygen atoms in total. The molecule has 0 spiro atoms. The molecule has 0 saturated heterocycles. The molecular weight excluding hydrogens is 216 g/mol. The third-order valence-electron chi connectivity index (χ3n) is 3.48. The van der Waals surface area contributed by atoms with Gasteiger partial charge in [-0.3, -0.25) is 0 Å². The Labute approximate surface area is 99.7 Å². The van der Waals surface area contributed by atoms with Gasteiger partial charge in [0.15, 0.2) is 5.82 Å². The van der Waals surface area contributed by atoms with Gasteiger partial charge in [0.25, 0.3) is 0 Å². The molecule has 0 aromatic carbocycles. The fraction of sp³-hybridized carbons (Fsp3) is 0.500. The Hall–Kier alpha value is -1.62. The number of hydrogen-bond donors (Lipinski definition) is 1. The van der Waals surface area contributed by atoms with Gasteiger partial charge in [0.1, 0.15) is 6.33 Å². The Balaban J connectivity index is 1.92. The van der Waals surface area contributed by atoms with Crippen LogP contribution in [0.5, 0.6) is 0 Å². The number of aliphatic hydroxyl groups is 1. The molecule has 2 aromatic rings. The standard InChI is InChI=1S/C12H16N4O/c1-15-8-13-14-12(15)7-16-6-5-9-10(16)3-2-4-11(9)17/h5-6,8,11,17H,2-4,7H2,1H3. The minimum Gasteiger partial charge on any atom is -0.388 e. The molecule has 0 saturated carbocycles. The van der Waals surface area contributed by atoms with Crippen molar-refractivity contribution < 1.29 is 5.11 Å². The van der Waals surface area contributed by atoms with Crippen LogP contribution in [0.1, 0.15) is 36.0 Å². The first-order valence-corrected chi connectivity index (χ1v) is 5.94. The molecule has 5 heteroatoms. The van der Waals surface area contributed by atoms with E-state index in [0.29, 0.717) is 0 Å². The van der Waals surface area contributed by atoms with E-state index in [9.17, 15) is 5.11 Å². The van der Waals surface area contributed by atoms with Crippen LogP contribution in [0.2, 0.25) is 0 Å². The first-order valence-electron chi connectivity index (χ1n) is 5.94. The second-order valence-electron chi connectivity index (χ2n) is 4.61. The lowest BCUT2D eigenvalue weighted by atomic mass is 9.95. The summed E-state index contributed by atoms with van der Waals surface area (Å²) in [4.78, 5) is 0. The van der Waals surface area contributed by atoms with Crippen molar-refractivity contribution in [2.75, 3.05) is 0 Å². The molecule has 0 bridgehead atoms. The van der Waals surface area contributed by atoms with Crippen molar-refractivity contribution >= 4 is 0 Å².